The lowest BCUT2D eigenvalue weighted by Crippen LogP contribution is -2.28. The minimum Gasteiger partial charge on any atom is -0.353 e. The Morgan fingerprint density at radius 3 is 2.50 bits per heavy atom. The van der Waals surface area contributed by atoms with Gasteiger partial charge < -0.3 is 5.32 Å². The highest BCUT2D eigenvalue weighted by Gasteiger charge is 2.48. The van der Waals surface area contributed by atoms with Gasteiger partial charge in [0.05, 0.1) is 0 Å². The van der Waals surface area contributed by atoms with Gasteiger partial charge in [-0.2, -0.15) is 0 Å². The first kappa shape index (κ1) is 6.93. The van der Waals surface area contributed by atoms with Crippen LogP contribution in [0.15, 0.2) is 0 Å². The van der Waals surface area contributed by atoms with Crippen molar-refractivity contribution < 1.29 is 4.79 Å². The summed E-state index contributed by atoms with van der Waals surface area (Å²) >= 11 is 0. The molecule has 0 unspecified atom stereocenters. The minimum absolute atomic E-state index is 0.336. The van der Waals surface area contributed by atoms with Crippen molar-refractivity contribution in [3.63, 3.8) is 0 Å². The van der Waals surface area contributed by atoms with Gasteiger partial charge in [0.1, 0.15) is 0 Å². The van der Waals surface area contributed by atoms with Crippen LogP contribution in [0.2, 0.25) is 0 Å². The molecule has 1 N–H and O–H groups in total. The van der Waals surface area contributed by atoms with E-state index in [1.807, 2.05) is 0 Å². The molecule has 0 bridgehead atoms. The van der Waals surface area contributed by atoms with E-state index < -0.39 is 0 Å². The Balaban J connectivity index is 1.47. The van der Waals surface area contributed by atoms with Gasteiger partial charge in [-0.3, -0.25) is 4.79 Å². The molecular formula is C10H15NO. The monoisotopic (exact) mass is 165 g/mol. The molecule has 12 heavy (non-hydrogen) atoms. The normalized spacial score (nSPS) is 39.3. The first-order valence-corrected chi connectivity index (χ1v) is 5.15. The number of carbonyl (C=O) groups is 1. The highest BCUT2D eigenvalue weighted by atomic mass is 16.2. The number of nitrogens with one attached hydrogen (secondary N) is 1. The second kappa shape index (κ2) is 2.24. The predicted octanol–water partition coefficient (Wildman–Crippen LogP) is 1.31. The summed E-state index contributed by atoms with van der Waals surface area (Å²) in [4.78, 5) is 11.3. The van der Waals surface area contributed by atoms with Gasteiger partial charge in [0.25, 0.3) is 0 Å². The summed E-state index contributed by atoms with van der Waals surface area (Å²) in [6, 6.07) is 0.575. The fourth-order valence-corrected chi connectivity index (χ4v) is 2.07. The van der Waals surface area contributed by atoms with E-state index >= 15 is 0 Å². The minimum atomic E-state index is 0.336. The van der Waals surface area contributed by atoms with Crippen molar-refractivity contribution >= 4 is 5.91 Å². The number of carbonyl (C=O) groups excluding carboxylic acids is 1. The van der Waals surface area contributed by atoms with E-state index in [0.717, 1.165) is 24.7 Å². The van der Waals surface area contributed by atoms with Crippen LogP contribution in [0.25, 0.3) is 0 Å². The standard InChI is InChI=1S/C10H15NO/c12-10(7-3-4-7)11-9-5-8(9)6-1-2-6/h6-9H,1-5H2,(H,11,12)/t8-,9+/m0/s1. The summed E-state index contributed by atoms with van der Waals surface area (Å²) in [6.45, 7) is 0. The third-order valence-electron chi connectivity index (χ3n) is 3.34. The Labute approximate surface area is 72.7 Å². The number of hydrogen-bond acceptors (Lipinski definition) is 1. The average molecular weight is 165 g/mol. The quantitative estimate of drug-likeness (QED) is 0.671. The molecule has 3 aliphatic carbocycles. The summed E-state index contributed by atoms with van der Waals surface area (Å²) in [7, 11) is 0. The lowest BCUT2D eigenvalue weighted by molar-refractivity contribution is -0.122. The maximum Gasteiger partial charge on any atom is 0.223 e. The van der Waals surface area contributed by atoms with Crippen LogP contribution >= 0.6 is 0 Å². The number of amides is 1. The highest BCUT2D eigenvalue weighted by Crippen LogP contribution is 2.50. The molecule has 0 heterocycles. The second-order valence-electron chi connectivity index (χ2n) is 4.63. The molecule has 0 aromatic rings. The van der Waals surface area contributed by atoms with Crippen LogP contribution < -0.4 is 5.32 Å². The summed E-state index contributed by atoms with van der Waals surface area (Å²) in [5.41, 5.74) is 0. The Hall–Kier alpha value is -0.530. The van der Waals surface area contributed by atoms with Crippen molar-refractivity contribution in [3.05, 3.63) is 0 Å². The third-order valence-corrected chi connectivity index (χ3v) is 3.34. The van der Waals surface area contributed by atoms with Crippen molar-refractivity contribution in [1.29, 1.82) is 0 Å². The Bertz CT molecular complexity index is 218. The van der Waals surface area contributed by atoms with Crippen LogP contribution in [-0.4, -0.2) is 11.9 Å². The number of rotatable bonds is 3. The average Bonchev–Trinajstić information content (AvgIpc) is 2.86. The zero-order valence-electron chi connectivity index (χ0n) is 7.25. The first-order valence-electron chi connectivity index (χ1n) is 5.15. The van der Waals surface area contributed by atoms with E-state index in [2.05, 4.69) is 5.32 Å². The van der Waals surface area contributed by atoms with Crippen molar-refractivity contribution in [3.8, 4) is 0 Å². The van der Waals surface area contributed by atoms with Crippen LogP contribution in [0.1, 0.15) is 32.1 Å². The van der Waals surface area contributed by atoms with Gasteiger partial charge in [0, 0.05) is 12.0 Å². The molecule has 2 atom stereocenters. The van der Waals surface area contributed by atoms with Crippen molar-refractivity contribution in [2.45, 2.75) is 38.1 Å². The van der Waals surface area contributed by atoms with E-state index in [1.54, 1.807) is 0 Å². The van der Waals surface area contributed by atoms with Crippen LogP contribution in [0.3, 0.4) is 0 Å². The zero-order chi connectivity index (χ0) is 8.13. The van der Waals surface area contributed by atoms with Crippen LogP contribution in [-0.2, 0) is 4.79 Å². The molecule has 3 aliphatic rings. The van der Waals surface area contributed by atoms with Gasteiger partial charge in [0.15, 0.2) is 0 Å². The fraction of sp³-hybridized carbons (Fsp3) is 0.900. The topological polar surface area (TPSA) is 29.1 Å². The molecule has 66 valence electrons. The molecule has 0 spiro atoms. The molecule has 0 aromatic carbocycles. The van der Waals surface area contributed by atoms with Crippen molar-refractivity contribution in [2.24, 2.45) is 17.8 Å². The summed E-state index contributed by atoms with van der Waals surface area (Å²) in [5.74, 6) is 2.58. The highest BCUT2D eigenvalue weighted by molar-refractivity contribution is 5.81. The predicted molar refractivity (Wildman–Crippen MR) is 45.5 cm³/mol. The molecule has 3 fully saturated rings. The molecule has 0 radical (unpaired) electrons. The van der Waals surface area contributed by atoms with Gasteiger partial charge in [-0.25, -0.2) is 0 Å². The lowest BCUT2D eigenvalue weighted by atomic mass is 10.2. The molecule has 3 rings (SSSR count). The van der Waals surface area contributed by atoms with Crippen LogP contribution in [0.4, 0.5) is 0 Å². The summed E-state index contributed by atoms with van der Waals surface area (Å²) in [6.07, 6.45) is 6.36. The molecule has 0 aromatic heterocycles. The molecule has 1 amide bonds. The Morgan fingerprint density at radius 2 is 1.92 bits per heavy atom. The Morgan fingerprint density at radius 1 is 1.17 bits per heavy atom. The van der Waals surface area contributed by atoms with E-state index in [-0.39, 0.29) is 0 Å². The van der Waals surface area contributed by atoms with E-state index in [1.165, 1.54) is 19.3 Å². The van der Waals surface area contributed by atoms with Gasteiger partial charge >= 0.3 is 0 Å². The molecule has 0 saturated heterocycles. The molecule has 2 heteroatoms. The molecular weight excluding hydrogens is 150 g/mol. The van der Waals surface area contributed by atoms with E-state index in [0.29, 0.717) is 17.9 Å². The summed E-state index contributed by atoms with van der Waals surface area (Å²) < 4.78 is 0. The van der Waals surface area contributed by atoms with E-state index in [9.17, 15) is 4.79 Å². The largest absolute Gasteiger partial charge is 0.353 e. The molecule has 0 aliphatic heterocycles. The summed E-state index contributed by atoms with van der Waals surface area (Å²) in [5, 5.41) is 3.15. The number of hydrogen-bond donors (Lipinski definition) is 1. The lowest BCUT2D eigenvalue weighted by Gasteiger charge is -2.01. The third kappa shape index (κ3) is 1.23. The van der Waals surface area contributed by atoms with Crippen LogP contribution in [0.5, 0.6) is 0 Å². The molecule has 3 saturated carbocycles. The Kier molecular flexibility index (Phi) is 1.29. The first-order chi connectivity index (χ1) is 5.84. The maximum absolute atomic E-state index is 11.3. The fourth-order valence-electron chi connectivity index (χ4n) is 2.07. The van der Waals surface area contributed by atoms with Gasteiger partial charge in [-0.15, -0.1) is 0 Å². The maximum atomic E-state index is 11.3. The van der Waals surface area contributed by atoms with Crippen LogP contribution in [0, 0.1) is 17.8 Å². The van der Waals surface area contributed by atoms with Crippen molar-refractivity contribution in [1.82, 2.24) is 5.32 Å². The smallest absolute Gasteiger partial charge is 0.223 e. The van der Waals surface area contributed by atoms with Gasteiger partial charge in [-0.05, 0) is 43.9 Å². The molecule has 2 nitrogen and oxygen atoms in total. The van der Waals surface area contributed by atoms with Crippen molar-refractivity contribution in [2.75, 3.05) is 0 Å². The van der Waals surface area contributed by atoms with Gasteiger partial charge in [0.2, 0.25) is 5.91 Å². The van der Waals surface area contributed by atoms with Gasteiger partial charge in [-0.1, -0.05) is 0 Å². The zero-order valence-corrected chi connectivity index (χ0v) is 7.25. The second-order valence-corrected chi connectivity index (χ2v) is 4.63. The van der Waals surface area contributed by atoms with E-state index in [4.69, 9.17) is 0 Å². The SMILES string of the molecule is O=C(N[C@@H]1C[C@H]1C1CC1)C1CC1.